The van der Waals surface area contributed by atoms with Gasteiger partial charge in [-0.1, -0.05) is 32.0 Å². The molecule has 1 aromatic rings. The first-order chi connectivity index (χ1) is 10.6. The lowest BCUT2D eigenvalue weighted by molar-refractivity contribution is 0.0367. The number of para-hydroxylation sites is 1. The van der Waals surface area contributed by atoms with Gasteiger partial charge in [-0.2, -0.15) is 0 Å². The van der Waals surface area contributed by atoms with Crippen LogP contribution in [-0.2, 0) is 6.54 Å². The number of nitrogens with one attached hydrogen (secondary N) is 2. The molecule has 1 aromatic carbocycles. The van der Waals surface area contributed by atoms with Crippen LogP contribution in [0.15, 0.2) is 29.3 Å². The van der Waals surface area contributed by atoms with Crippen molar-refractivity contribution in [3.63, 3.8) is 0 Å². The highest BCUT2D eigenvalue weighted by molar-refractivity contribution is 14.0. The van der Waals surface area contributed by atoms with Gasteiger partial charge in [0.1, 0.15) is 5.75 Å². The lowest BCUT2D eigenvalue weighted by atomic mass is 9.98. The van der Waals surface area contributed by atoms with Gasteiger partial charge >= 0.3 is 0 Å². The molecular formula is C17H30IN3O2. The van der Waals surface area contributed by atoms with Crippen molar-refractivity contribution < 1.29 is 9.84 Å². The lowest BCUT2D eigenvalue weighted by Gasteiger charge is -2.26. The summed E-state index contributed by atoms with van der Waals surface area (Å²) < 4.78 is 5.34. The highest BCUT2D eigenvalue weighted by Gasteiger charge is 2.22. The van der Waals surface area contributed by atoms with E-state index in [1.165, 1.54) is 0 Å². The summed E-state index contributed by atoms with van der Waals surface area (Å²) in [6.07, 6.45) is 1.42. The van der Waals surface area contributed by atoms with Crippen LogP contribution in [-0.4, -0.2) is 36.9 Å². The van der Waals surface area contributed by atoms with Crippen LogP contribution in [0.3, 0.4) is 0 Å². The summed E-state index contributed by atoms with van der Waals surface area (Å²) in [5, 5.41) is 16.8. The first-order valence-electron chi connectivity index (χ1n) is 7.95. The quantitative estimate of drug-likeness (QED) is 0.334. The third kappa shape index (κ3) is 7.39. The van der Waals surface area contributed by atoms with Gasteiger partial charge in [-0.3, -0.25) is 0 Å². The minimum atomic E-state index is -0.694. The zero-order chi connectivity index (χ0) is 16.4. The maximum Gasteiger partial charge on any atom is 0.191 e. The maximum absolute atomic E-state index is 10.3. The molecule has 0 atom stereocenters. The Morgan fingerprint density at radius 3 is 2.39 bits per heavy atom. The Kier molecular flexibility index (Phi) is 11.0. The van der Waals surface area contributed by atoms with Crippen LogP contribution in [0.1, 0.15) is 39.2 Å². The van der Waals surface area contributed by atoms with Crippen molar-refractivity contribution in [3.8, 4) is 5.75 Å². The average Bonchev–Trinajstić information content (AvgIpc) is 2.57. The fraction of sp³-hybridized carbons (Fsp3) is 0.588. The van der Waals surface area contributed by atoms with Gasteiger partial charge in [0.25, 0.3) is 0 Å². The van der Waals surface area contributed by atoms with Crippen LogP contribution < -0.4 is 15.4 Å². The topological polar surface area (TPSA) is 65.9 Å². The molecule has 0 saturated heterocycles. The minimum Gasteiger partial charge on any atom is -0.496 e. The minimum absolute atomic E-state index is 0. The van der Waals surface area contributed by atoms with Crippen LogP contribution >= 0.6 is 24.0 Å². The molecule has 0 heterocycles. The van der Waals surface area contributed by atoms with Gasteiger partial charge in [-0.05, 0) is 25.8 Å². The van der Waals surface area contributed by atoms with Gasteiger partial charge in [-0.25, -0.2) is 4.99 Å². The molecule has 0 fully saturated rings. The van der Waals surface area contributed by atoms with Crippen LogP contribution in [0.25, 0.3) is 0 Å². The Labute approximate surface area is 156 Å². The number of ether oxygens (including phenoxy) is 1. The molecule has 1 rings (SSSR count). The molecule has 0 aliphatic carbocycles. The summed E-state index contributed by atoms with van der Waals surface area (Å²) in [5.41, 5.74) is 0.337. The summed E-state index contributed by atoms with van der Waals surface area (Å²) >= 11 is 0. The summed E-state index contributed by atoms with van der Waals surface area (Å²) in [4.78, 5) is 4.57. The molecule has 6 heteroatoms. The summed E-state index contributed by atoms with van der Waals surface area (Å²) in [5.74, 6) is 1.54. The van der Waals surface area contributed by atoms with Crippen molar-refractivity contribution in [2.45, 2.75) is 45.8 Å². The van der Waals surface area contributed by atoms with E-state index in [0.717, 1.165) is 17.9 Å². The number of hydrogen-bond donors (Lipinski definition) is 3. The fourth-order valence-electron chi connectivity index (χ4n) is 2.09. The second kappa shape index (κ2) is 11.5. The first-order valence-corrected chi connectivity index (χ1v) is 7.95. The van der Waals surface area contributed by atoms with E-state index in [1.807, 2.05) is 45.0 Å². The zero-order valence-corrected chi connectivity index (χ0v) is 16.9. The number of halogens is 1. The van der Waals surface area contributed by atoms with Crippen molar-refractivity contribution in [1.29, 1.82) is 0 Å². The summed E-state index contributed by atoms with van der Waals surface area (Å²) in [6.45, 7) is 7.78. The Balaban J connectivity index is 0.00000484. The van der Waals surface area contributed by atoms with Gasteiger partial charge in [0.05, 0.1) is 19.3 Å². The number of guanidine groups is 1. The molecule has 0 aliphatic heterocycles. The largest absolute Gasteiger partial charge is 0.496 e. The van der Waals surface area contributed by atoms with Gasteiger partial charge in [-0.15, -0.1) is 24.0 Å². The number of rotatable bonds is 8. The van der Waals surface area contributed by atoms with E-state index >= 15 is 0 Å². The predicted octanol–water partition coefficient (Wildman–Crippen LogP) is 2.92. The summed E-state index contributed by atoms with van der Waals surface area (Å²) in [7, 11) is 1.66. The van der Waals surface area contributed by atoms with E-state index in [9.17, 15) is 5.11 Å². The molecule has 0 saturated carbocycles. The van der Waals surface area contributed by atoms with Crippen molar-refractivity contribution >= 4 is 29.9 Å². The third-order valence-corrected chi connectivity index (χ3v) is 3.85. The summed E-state index contributed by atoms with van der Waals surface area (Å²) in [6, 6.07) is 7.84. The molecule has 5 nitrogen and oxygen atoms in total. The Bertz CT molecular complexity index is 477. The predicted molar refractivity (Wildman–Crippen MR) is 107 cm³/mol. The number of benzene rings is 1. The second-order valence-electron chi connectivity index (χ2n) is 5.29. The maximum atomic E-state index is 10.3. The third-order valence-electron chi connectivity index (χ3n) is 3.85. The van der Waals surface area contributed by atoms with Crippen LogP contribution in [0, 0.1) is 0 Å². The molecule has 0 aliphatic rings. The van der Waals surface area contributed by atoms with Gasteiger partial charge in [0.2, 0.25) is 0 Å². The highest BCUT2D eigenvalue weighted by Crippen LogP contribution is 2.18. The normalized spacial score (nSPS) is 11.6. The smallest absolute Gasteiger partial charge is 0.191 e. The molecule has 0 aromatic heterocycles. The van der Waals surface area contributed by atoms with E-state index in [0.29, 0.717) is 31.9 Å². The lowest BCUT2D eigenvalue weighted by Crippen LogP contribution is -2.46. The second-order valence-corrected chi connectivity index (χ2v) is 5.29. The molecular weight excluding hydrogens is 405 g/mol. The molecule has 0 bridgehead atoms. The molecule has 132 valence electrons. The Morgan fingerprint density at radius 2 is 1.83 bits per heavy atom. The van der Waals surface area contributed by atoms with Crippen molar-refractivity contribution in [2.24, 2.45) is 4.99 Å². The monoisotopic (exact) mass is 435 g/mol. The van der Waals surface area contributed by atoms with Crippen LogP contribution in [0.4, 0.5) is 0 Å². The highest BCUT2D eigenvalue weighted by atomic mass is 127. The van der Waals surface area contributed by atoms with E-state index in [4.69, 9.17) is 4.74 Å². The number of aliphatic hydroxyl groups is 1. The van der Waals surface area contributed by atoms with Gasteiger partial charge in [0, 0.05) is 18.7 Å². The van der Waals surface area contributed by atoms with Crippen molar-refractivity contribution in [1.82, 2.24) is 10.6 Å². The van der Waals surface area contributed by atoms with E-state index in [-0.39, 0.29) is 24.0 Å². The average molecular weight is 435 g/mol. The Hall–Kier alpha value is -1.02. The molecule has 0 amide bonds. The number of hydrogen-bond acceptors (Lipinski definition) is 3. The molecule has 3 N–H and O–H groups in total. The SMILES string of the molecule is CCNC(=NCc1ccccc1OC)NCC(O)(CC)CC.I. The molecule has 0 radical (unpaired) electrons. The number of aliphatic imine (C=N–C) groups is 1. The van der Waals surface area contributed by atoms with E-state index in [2.05, 4.69) is 15.6 Å². The fourth-order valence-corrected chi connectivity index (χ4v) is 2.09. The van der Waals surface area contributed by atoms with Gasteiger partial charge < -0.3 is 20.5 Å². The van der Waals surface area contributed by atoms with Gasteiger partial charge in [0.15, 0.2) is 5.96 Å². The number of nitrogens with zero attached hydrogens (tertiary/aromatic N) is 1. The first kappa shape index (κ1) is 22.0. The zero-order valence-electron chi connectivity index (χ0n) is 14.6. The standard InChI is InChI=1S/C17H29N3O2.HI/c1-5-17(21,6-2)13-20-16(18-7-3)19-12-14-10-8-9-11-15(14)22-4;/h8-11,21H,5-7,12-13H2,1-4H3,(H2,18,19,20);1H. The van der Waals surface area contributed by atoms with Crippen molar-refractivity contribution in [2.75, 3.05) is 20.2 Å². The Morgan fingerprint density at radius 1 is 1.17 bits per heavy atom. The molecule has 0 unspecified atom stereocenters. The van der Waals surface area contributed by atoms with Crippen LogP contribution in [0.2, 0.25) is 0 Å². The van der Waals surface area contributed by atoms with E-state index in [1.54, 1.807) is 7.11 Å². The van der Waals surface area contributed by atoms with Crippen LogP contribution in [0.5, 0.6) is 5.75 Å². The van der Waals surface area contributed by atoms with E-state index < -0.39 is 5.60 Å². The van der Waals surface area contributed by atoms with Crippen molar-refractivity contribution in [3.05, 3.63) is 29.8 Å². The molecule has 0 spiro atoms. The number of methoxy groups -OCH3 is 1. The molecule has 23 heavy (non-hydrogen) atoms.